The zero-order chi connectivity index (χ0) is 7.56. The molecule has 1 aliphatic rings. The van der Waals surface area contributed by atoms with Crippen molar-refractivity contribution in [1.82, 2.24) is 0 Å². The average Bonchev–Trinajstić information content (AvgIpc) is 2.30. The molecule has 0 bridgehead atoms. The second-order valence-electron chi connectivity index (χ2n) is 2.68. The van der Waals surface area contributed by atoms with Gasteiger partial charge in [0, 0.05) is 13.5 Å². The van der Waals surface area contributed by atoms with Gasteiger partial charge in [-0.25, -0.2) is 0 Å². The van der Waals surface area contributed by atoms with Crippen LogP contribution in [0.15, 0.2) is 0 Å². The fourth-order valence-corrected chi connectivity index (χ4v) is 1.33. The highest BCUT2D eigenvalue weighted by molar-refractivity contribution is 4.80. The Balaban J connectivity index is 2.41. The highest BCUT2D eigenvalue weighted by Crippen LogP contribution is 2.21. The third kappa shape index (κ3) is 1.48. The Hall–Kier alpha value is -0.120. The number of rotatable bonds is 2. The summed E-state index contributed by atoms with van der Waals surface area (Å²) in [4.78, 5) is 0. The van der Waals surface area contributed by atoms with Crippen LogP contribution >= 0.6 is 0 Å². The molecule has 1 rings (SSSR count). The van der Waals surface area contributed by atoms with Crippen LogP contribution in [0.1, 0.15) is 13.3 Å². The molecule has 0 aromatic rings. The maximum atomic E-state index is 8.78. The van der Waals surface area contributed by atoms with Crippen LogP contribution in [0.4, 0.5) is 0 Å². The molecule has 1 fully saturated rings. The molecule has 3 nitrogen and oxygen atoms in total. The van der Waals surface area contributed by atoms with Crippen molar-refractivity contribution in [2.75, 3.05) is 13.7 Å². The van der Waals surface area contributed by atoms with Crippen LogP contribution in [-0.2, 0) is 9.47 Å². The van der Waals surface area contributed by atoms with E-state index in [1.54, 1.807) is 7.11 Å². The van der Waals surface area contributed by atoms with Gasteiger partial charge in [0.1, 0.15) is 6.10 Å². The molecule has 0 aromatic heterocycles. The number of aliphatic hydroxyl groups is 1. The van der Waals surface area contributed by atoms with E-state index in [0.29, 0.717) is 0 Å². The van der Waals surface area contributed by atoms with E-state index in [-0.39, 0.29) is 24.9 Å². The van der Waals surface area contributed by atoms with Crippen molar-refractivity contribution in [3.63, 3.8) is 0 Å². The molecule has 0 aliphatic carbocycles. The van der Waals surface area contributed by atoms with Crippen molar-refractivity contribution in [3.05, 3.63) is 0 Å². The van der Waals surface area contributed by atoms with Gasteiger partial charge in [0.25, 0.3) is 0 Å². The summed E-state index contributed by atoms with van der Waals surface area (Å²) in [6, 6.07) is 0. The monoisotopic (exact) mass is 146 g/mol. The third-order valence-corrected chi connectivity index (χ3v) is 1.87. The number of hydrogen-bond acceptors (Lipinski definition) is 3. The van der Waals surface area contributed by atoms with Gasteiger partial charge in [0.15, 0.2) is 0 Å². The Morgan fingerprint density at radius 3 is 2.80 bits per heavy atom. The van der Waals surface area contributed by atoms with Crippen molar-refractivity contribution in [3.8, 4) is 0 Å². The summed E-state index contributed by atoms with van der Waals surface area (Å²) in [5.74, 6) is 0. The lowest BCUT2D eigenvalue weighted by molar-refractivity contribution is -0.0302. The lowest BCUT2D eigenvalue weighted by Crippen LogP contribution is -2.26. The summed E-state index contributed by atoms with van der Waals surface area (Å²) in [5.41, 5.74) is 0. The van der Waals surface area contributed by atoms with Crippen molar-refractivity contribution < 1.29 is 14.6 Å². The van der Waals surface area contributed by atoms with Gasteiger partial charge in [-0.3, -0.25) is 0 Å². The smallest absolute Gasteiger partial charge is 0.107 e. The Kier molecular flexibility index (Phi) is 2.65. The van der Waals surface area contributed by atoms with Crippen molar-refractivity contribution in [1.29, 1.82) is 0 Å². The largest absolute Gasteiger partial charge is 0.394 e. The van der Waals surface area contributed by atoms with Crippen molar-refractivity contribution in [2.24, 2.45) is 0 Å². The van der Waals surface area contributed by atoms with Crippen molar-refractivity contribution in [2.45, 2.75) is 31.7 Å². The molecule has 60 valence electrons. The van der Waals surface area contributed by atoms with Gasteiger partial charge in [-0.05, 0) is 6.92 Å². The maximum absolute atomic E-state index is 8.78. The van der Waals surface area contributed by atoms with Gasteiger partial charge < -0.3 is 14.6 Å². The Bertz CT molecular complexity index is 93.0. The predicted octanol–water partition coefficient (Wildman–Crippen LogP) is 0.171. The Morgan fingerprint density at radius 2 is 2.40 bits per heavy atom. The fraction of sp³-hybridized carbons (Fsp3) is 1.00. The first kappa shape index (κ1) is 7.98. The zero-order valence-corrected chi connectivity index (χ0v) is 6.41. The van der Waals surface area contributed by atoms with Crippen LogP contribution in [0, 0.1) is 0 Å². The minimum atomic E-state index is -0.111. The molecule has 0 saturated carbocycles. The first-order valence-electron chi connectivity index (χ1n) is 3.57. The summed E-state index contributed by atoms with van der Waals surface area (Å²) in [7, 11) is 1.65. The number of ether oxygens (including phenoxy) is 2. The van der Waals surface area contributed by atoms with Crippen LogP contribution in [0.2, 0.25) is 0 Å². The molecule has 3 unspecified atom stereocenters. The lowest BCUT2D eigenvalue weighted by Gasteiger charge is -2.13. The van der Waals surface area contributed by atoms with E-state index >= 15 is 0 Å². The summed E-state index contributed by atoms with van der Waals surface area (Å²) < 4.78 is 10.4. The van der Waals surface area contributed by atoms with E-state index in [1.165, 1.54) is 0 Å². The summed E-state index contributed by atoms with van der Waals surface area (Å²) in [6.45, 7) is 2.05. The van der Waals surface area contributed by atoms with Gasteiger partial charge in [0.05, 0.1) is 18.8 Å². The quantitative estimate of drug-likeness (QED) is 0.603. The Labute approximate surface area is 60.9 Å². The maximum Gasteiger partial charge on any atom is 0.107 e. The molecule has 0 radical (unpaired) electrons. The highest BCUT2D eigenvalue weighted by Gasteiger charge is 2.31. The molecule has 0 aromatic carbocycles. The third-order valence-electron chi connectivity index (χ3n) is 1.87. The normalized spacial score (nSPS) is 40.5. The molecule has 3 atom stereocenters. The predicted molar refractivity (Wildman–Crippen MR) is 36.8 cm³/mol. The van der Waals surface area contributed by atoms with Crippen LogP contribution < -0.4 is 0 Å². The van der Waals surface area contributed by atoms with Gasteiger partial charge in [-0.2, -0.15) is 0 Å². The van der Waals surface area contributed by atoms with Crippen LogP contribution in [0.5, 0.6) is 0 Å². The molecule has 1 N–H and O–H groups in total. The summed E-state index contributed by atoms with van der Waals surface area (Å²) in [5, 5.41) is 8.78. The molecule has 3 heteroatoms. The van der Waals surface area contributed by atoms with Gasteiger partial charge >= 0.3 is 0 Å². The van der Waals surface area contributed by atoms with E-state index in [2.05, 4.69) is 0 Å². The van der Waals surface area contributed by atoms with E-state index in [1.807, 2.05) is 6.92 Å². The van der Waals surface area contributed by atoms with Crippen molar-refractivity contribution >= 4 is 0 Å². The minimum Gasteiger partial charge on any atom is -0.394 e. The number of methoxy groups -OCH3 is 1. The first-order valence-corrected chi connectivity index (χ1v) is 3.57. The van der Waals surface area contributed by atoms with Gasteiger partial charge in [0.2, 0.25) is 0 Å². The van der Waals surface area contributed by atoms with Gasteiger partial charge in [-0.1, -0.05) is 0 Å². The molecule has 0 spiro atoms. The van der Waals surface area contributed by atoms with Gasteiger partial charge in [-0.15, -0.1) is 0 Å². The van der Waals surface area contributed by atoms with E-state index in [0.717, 1.165) is 6.42 Å². The number of hydrogen-bond donors (Lipinski definition) is 1. The second kappa shape index (κ2) is 3.32. The average molecular weight is 146 g/mol. The zero-order valence-electron chi connectivity index (χ0n) is 6.41. The minimum absolute atomic E-state index is 0.0584. The molecule has 0 amide bonds. The first-order chi connectivity index (χ1) is 4.77. The standard InChI is InChI=1S/C7H14O3/c1-5-3-6(9-2)7(4-8)10-5/h5-8H,3-4H2,1-2H3. The Morgan fingerprint density at radius 1 is 1.70 bits per heavy atom. The van der Waals surface area contributed by atoms with Crippen LogP contribution in [0.25, 0.3) is 0 Å². The SMILES string of the molecule is COC1CC(C)OC1CO. The fourth-order valence-electron chi connectivity index (χ4n) is 1.33. The topological polar surface area (TPSA) is 38.7 Å². The second-order valence-corrected chi connectivity index (χ2v) is 2.68. The molecular formula is C7H14O3. The molecular weight excluding hydrogens is 132 g/mol. The molecule has 10 heavy (non-hydrogen) atoms. The van der Waals surface area contributed by atoms with E-state index in [9.17, 15) is 0 Å². The lowest BCUT2D eigenvalue weighted by atomic mass is 10.1. The van der Waals surface area contributed by atoms with E-state index < -0.39 is 0 Å². The molecule has 1 aliphatic heterocycles. The summed E-state index contributed by atoms with van der Waals surface area (Å²) >= 11 is 0. The van der Waals surface area contributed by atoms with Crippen LogP contribution in [0.3, 0.4) is 0 Å². The number of aliphatic hydroxyl groups excluding tert-OH is 1. The highest BCUT2D eigenvalue weighted by atomic mass is 16.6. The van der Waals surface area contributed by atoms with Crippen LogP contribution in [-0.4, -0.2) is 37.1 Å². The molecule has 1 heterocycles. The van der Waals surface area contributed by atoms with E-state index in [4.69, 9.17) is 14.6 Å². The summed E-state index contributed by atoms with van der Waals surface area (Å²) in [6.07, 6.45) is 1.09. The molecule has 1 saturated heterocycles.